The number of methoxy groups -OCH3 is 1. The molecule has 5 nitrogen and oxygen atoms in total. The maximum absolute atomic E-state index is 12.4. The predicted octanol–water partition coefficient (Wildman–Crippen LogP) is 4.72. The first-order valence-electron chi connectivity index (χ1n) is 8.26. The monoisotopic (exact) mass is 387 g/mol. The Labute approximate surface area is 155 Å². The summed E-state index contributed by atoms with van der Waals surface area (Å²) in [5.41, 5.74) is 1.72. The molecule has 0 fully saturated rings. The van der Waals surface area contributed by atoms with Gasteiger partial charge in [-0.3, -0.25) is 9.59 Å². The van der Waals surface area contributed by atoms with E-state index in [1.54, 1.807) is 24.3 Å². The molecule has 2 aromatic rings. The van der Waals surface area contributed by atoms with Crippen LogP contribution in [0.3, 0.4) is 0 Å². The van der Waals surface area contributed by atoms with E-state index < -0.39 is 0 Å². The van der Waals surface area contributed by atoms with E-state index in [0.717, 1.165) is 27.3 Å². The summed E-state index contributed by atoms with van der Waals surface area (Å²) < 4.78 is 12.5. The van der Waals surface area contributed by atoms with Gasteiger partial charge in [0.25, 0.3) is 0 Å². The number of rotatable bonds is 9. The minimum Gasteiger partial charge on any atom is -0.489 e. The van der Waals surface area contributed by atoms with E-state index in [2.05, 4.69) is 0 Å². The zero-order valence-electron chi connectivity index (χ0n) is 14.4. The van der Waals surface area contributed by atoms with Crippen molar-refractivity contribution in [2.24, 2.45) is 0 Å². The third-order valence-corrected chi connectivity index (χ3v) is 6.11. The van der Waals surface area contributed by atoms with Crippen LogP contribution in [0.4, 0.5) is 0 Å². The quantitative estimate of drug-likeness (QED) is 0.354. The lowest BCUT2D eigenvalue weighted by Crippen LogP contribution is -2.28. The van der Waals surface area contributed by atoms with Gasteiger partial charge in [0.15, 0.2) is 5.78 Å². The number of hydrogen-bond acceptors (Lipinski definition) is 5. The molecule has 1 heterocycles. The summed E-state index contributed by atoms with van der Waals surface area (Å²) in [6.07, 6.45) is 0.781. The average molecular weight is 387 g/mol. The van der Waals surface area contributed by atoms with E-state index in [1.807, 2.05) is 34.8 Å². The molecule has 3 rings (SSSR count). The van der Waals surface area contributed by atoms with Gasteiger partial charge in [-0.05, 0) is 36.2 Å². The van der Waals surface area contributed by atoms with E-state index in [4.69, 9.17) is 9.47 Å². The van der Waals surface area contributed by atoms with Crippen LogP contribution in [0.25, 0.3) is 0 Å². The molecule has 26 heavy (non-hydrogen) atoms. The van der Waals surface area contributed by atoms with Crippen molar-refractivity contribution in [3.05, 3.63) is 65.7 Å². The summed E-state index contributed by atoms with van der Waals surface area (Å²) in [5, 5.41) is 0. The summed E-state index contributed by atoms with van der Waals surface area (Å²) in [5.74, 6) is 0.461. The number of hydrogen-bond donors (Lipinski definition) is 0. The standard InChI is InChI=1S/C19H19NO4P2/c1-23-19(22)17(20-25-26-20)11-12-18(21)15-7-9-16(10-8-15)24-13-14-5-3-2-4-6-14/h2-10,17H,11-13H2,1H3/t17-/m0/s1. The van der Waals surface area contributed by atoms with Crippen molar-refractivity contribution in [3.63, 3.8) is 0 Å². The smallest absolute Gasteiger partial charge is 0.324 e. The lowest BCUT2D eigenvalue weighted by molar-refractivity contribution is -0.143. The number of carbonyl (C=O) groups is 2. The highest BCUT2D eigenvalue weighted by Crippen LogP contribution is 2.48. The van der Waals surface area contributed by atoms with Crippen LogP contribution in [0.5, 0.6) is 5.75 Å². The van der Waals surface area contributed by atoms with Crippen LogP contribution < -0.4 is 4.74 Å². The largest absolute Gasteiger partial charge is 0.489 e. The lowest BCUT2D eigenvalue weighted by Gasteiger charge is -2.13. The summed E-state index contributed by atoms with van der Waals surface area (Å²) >= 11 is 0. The van der Waals surface area contributed by atoms with Crippen LogP contribution in [-0.4, -0.2) is 29.3 Å². The number of ether oxygens (including phenoxy) is 2. The van der Waals surface area contributed by atoms with E-state index in [0.29, 0.717) is 25.0 Å². The summed E-state index contributed by atoms with van der Waals surface area (Å²) in [7, 11) is 3.56. The van der Waals surface area contributed by atoms with Crippen molar-refractivity contribution in [1.29, 1.82) is 0 Å². The Balaban J connectivity index is 1.51. The number of benzene rings is 2. The zero-order chi connectivity index (χ0) is 18.4. The fourth-order valence-electron chi connectivity index (χ4n) is 2.50. The van der Waals surface area contributed by atoms with Gasteiger partial charge in [0.05, 0.1) is 7.11 Å². The number of carbonyl (C=O) groups excluding carboxylic acids is 2. The van der Waals surface area contributed by atoms with Crippen LogP contribution in [0.1, 0.15) is 28.8 Å². The second-order valence-corrected chi connectivity index (χ2v) is 8.41. The van der Waals surface area contributed by atoms with Crippen LogP contribution in [-0.2, 0) is 16.1 Å². The third-order valence-electron chi connectivity index (χ3n) is 4.01. The summed E-state index contributed by atoms with van der Waals surface area (Å²) in [4.78, 5) is 24.2. The van der Waals surface area contributed by atoms with Crippen molar-refractivity contribution < 1.29 is 19.1 Å². The number of nitrogens with zero attached hydrogens (tertiary/aromatic N) is 1. The zero-order valence-corrected chi connectivity index (χ0v) is 16.2. The second-order valence-electron chi connectivity index (χ2n) is 5.80. The van der Waals surface area contributed by atoms with Gasteiger partial charge in [0.1, 0.15) is 18.4 Å². The fraction of sp³-hybridized carbons (Fsp3) is 0.263. The highest BCUT2D eigenvalue weighted by molar-refractivity contribution is 7.97. The highest BCUT2D eigenvalue weighted by Gasteiger charge is 2.31. The number of ketones is 1. The summed E-state index contributed by atoms with van der Waals surface area (Å²) in [6, 6.07) is 16.7. The molecular weight excluding hydrogens is 368 g/mol. The molecule has 0 saturated carbocycles. The molecule has 0 aromatic heterocycles. The van der Waals surface area contributed by atoms with Gasteiger partial charge < -0.3 is 9.47 Å². The van der Waals surface area contributed by atoms with Gasteiger partial charge in [0, 0.05) is 28.0 Å². The molecule has 0 aliphatic carbocycles. The van der Waals surface area contributed by atoms with Crippen molar-refractivity contribution in [3.8, 4) is 5.75 Å². The van der Waals surface area contributed by atoms with Crippen LogP contribution in [0, 0.1) is 0 Å². The Morgan fingerprint density at radius 2 is 1.73 bits per heavy atom. The molecule has 0 unspecified atom stereocenters. The van der Waals surface area contributed by atoms with Gasteiger partial charge in [-0.2, -0.15) is 4.44 Å². The minimum absolute atomic E-state index is 0.0173. The van der Waals surface area contributed by atoms with Crippen molar-refractivity contribution >= 4 is 27.8 Å². The van der Waals surface area contributed by atoms with E-state index in [-0.39, 0.29) is 17.8 Å². The lowest BCUT2D eigenvalue weighted by atomic mass is 10.0. The van der Waals surface area contributed by atoms with Crippen LogP contribution in [0.2, 0.25) is 0 Å². The molecule has 0 spiro atoms. The molecule has 0 saturated heterocycles. The fourth-order valence-corrected chi connectivity index (χ4v) is 4.10. The highest BCUT2D eigenvalue weighted by atomic mass is 31.8. The predicted molar refractivity (Wildman–Crippen MR) is 102 cm³/mol. The van der Waals surface area contributed by atoms with E-state index in [9.17, 15) is 9.59 Å². The molecule has 0 amide bonds. The van der Waals surface area contributed by atoms with Gasteiger partial charge in [0.2, 0.25) is 0 Å². The maximum atomic E-state index is 12.4. The third kappa shape index (κ3) is 5.22. The molecule has 7 heteroatoms. The van der Waals surface area contributed by atoms with E-state index in [1.165, 1.54) is 7.11 Å². The molecular formula is C19H19NO4P2. The molecule has 1 aliphatic rings. The minimum atomic E-state index is -0.333. The summed E-state index contributed by atoms with van der Waals surface area (Å²) in [6.45, 7) is 0.489. The molecule has 0 radical (unpaired) electrons. The Bertz CT molecular complexity index is 787. The Kier molecular flexibility index (Phi) is 6.51. The first kappa shape index (κ1) is 18.7. The second kappa shape index (κ2) is 9.05. The SMILES string of the molecule is COC(=O)[C@H](CCC(=O)c1ccc(OCc2ccccc2)cc1)N1P=P1. The molecule has 1 aliphatic heterocycles. The first-order valence-corrected chi connectivity index (χ1v) is 10.7. The van der Waals surface area contributed by atoms with Gasteiger partial charge in [-0.25, -0.2) is 0 Å². The Hall–Kier alpha value is -2.06. The van der Waals surface area contributed by atoms with Gasteiger partial charge >= 0.3 is 5.97 Å². The normalized spacial score (nSPS) is 17.2. The van der Waals surface area contributed by atoms with Gasteiger partial charge in [-0.15, -0.1) is 0 Å². The molecule has 1 atom stereocenters. The van der Waals surface area contributed by atoms with Gasteiger partial charge in [-0.1, -0.05) is 30.3 Å². The molecule has 0 bridgehead atoms. The first-order chi connectivity index (χ1) is 12.7. The van der Waals surface area contributed by atoms with Crippen molar-refractivity contribution in [2.45, 2.75) is 25.5 Å². The number of Topliss-reactive ketones (excluding diaryl/α,β-unsaturated/α-hetero) is 1. The van der Waals surface area contributed by atoms with Crippen molar-refractivity contribution in [2.75, 3.05) is 7.11 Å². The Morgan fingerprint density at radius 1 is 1.04 bits per heavy atom. The maximum Gasteiger partial charge on any atom is 0.324 e. The van der Waals surface area contributed by atoms with E-state index >= 15 is 0 Å². The number of esters is 1. The average Bonchev–Trinajstić information content (AvgIpc) is 3.52. The topological polar surface area (TPSA) is 55.6 Å². The van der Waals surface area contributed by atoms with Crippen molar-refractivity contribution in [1.82, 2.24) is 4.44 Å². The van der Waals surface area contributed by atoms with Crippen LogP contribution >= 0.6 is 16.0 Å². The van der Waals surface area contributed by atoms with Crippen LogP contribution in [0.15, 0.2) is 54.6 Å². The molecule has 2 aromatic carbocycles. The molecule has 134 valence electrons. The Morgan fingerprint density at radius 3 is 2.35 bits per heavy atom. The molecule has 0 N–H and O–H groups in total.